The number of hydrogen-bond acceptors (Lipinski definition) is 6. The van der Waals surface area contributed by atoms with E-state index in [2.05, 4.69) is 5.32 Å². The van der Waals surface area contributed by atoms with Gasteiger partial charge in [0.1, 0.15) is 5.60 Å². The predicted molar refractivity (Wildman–Crippen MR) is 104 cm³/mol. The highest BCUT2D eigenvalue weighted by atomic mass is 32.2. The van der Waals surface area contributed by atoms with Gasteiger partial charge in [-0.1, -0.05) is 6.07 Å². The van der Waals surface area contributed by atoms with Gasteiger partial charge in [0, 0.05) is 29.4 Å². The van der Waals surface area contributed by atoms with E-state index in [0.29, 0.717) is 25.9 Å². The number of nitrogens with one attached hydrogen (secondary N) is 1. The van der Waals surface area contributed by atoms with Gasteiger partial charge in [-0.2, -0.15) is 11.3 Å². The van der Waals surface area contributed by atoms with Gasteiger partial charge in [-0.15, -0.1) is 11.3 Å². The van der Waals surface area contributed by atoms with Gasteiger partial charge in [-0.3, -0.25) is 4.79 Å². The van der Waals surface area contributed by atoms with Crippen molar-refractivity contribution in [2.45, 2.75) is 18.4 Å². The standard InChI is InChI=1S/C17H22N2O4S3/c1-26(22,23)19-7-4-13(5-8-19)16(20)18-12-17(21,14-6-10-24-11-14)15-3-2-9-25-15/h2-3,6,9-11,13,21H,4-5,7-8,12H2,1H3,(H,18,20)/t17-/m0/s1. The van der Waals surface area contributed by atoms with E-state index in [4.69, 9.17) is 0 Å². The molecule has 26 heavy (non-hydrogen) atoms. The lowest BCUT2D eigenvalue weighted by Gasteiger charge is -2.31. The molecule has 1 fully saturated rings. The molecule has 0 aliphatic carbocycles. The van der Waals surface area contributed by atoms with E-state index in [9.17, 15) is 18.3 Å². The zero-order valence-electron chi connectivity index (χ0n) is 14.4. The summed E-state index contributed by atoms with van der Waals surface area (Å²) in [6.07, 6.45) is 2.18. The highest BCUT2D eigenvalue weighted by Crippen LogP contribution is 2.33. The highest BCUT2D eigenvalue weighted by molar-refractivity contribution is 7.88. The van der Waals surface area contributed by atoms with Gasteiger partial charge in [0.05, 0.1) is 12.8 Å². The average molecular weight is 415 g/mol. The van der Waals surface area contributed by atoms with Crippen molar-refractivity contribution in [2.24, 2.45) is 5.92 Å². The highest BCUT2D eigenvalue weighted by Gasteiger charge is 2.35. The zero-order chi connectivity index (χ0) is 18.8. The number of thiophene rings is 2. The topological polar surface area (TPSA) is 86.7 Å². The maximum atomic E-state index is 12.6. The Kier molecular flexibility index (Phi) is 5.83. The number of rotatable bonds is 6. The van der Waals surface area contributed by atoms with Gasteiger partial charge in [0.15, 0.2) is 0 Å². The Hall–Kier alpha value is -1.26. The molecule has 9 heteroatoms. The van der Waals surface area contributed by atoms with Crippen LogP contribution in [0.3, 0.4) is 0 Å². The normalized spacial score (nSPS) is 19.2. The summed E-state index contributed by atoms with van der Waals surface area (Å²) in [7, 11) is -3.21. The van der Waals surface area contributed by atoms with E-state index in [1.807, 2.05) is 34.3 Å². The van der Waals surface area contributed by atoms with Crippen molar-refractivity contribution in [3.8, 4) is 0 Å². The Morgan fingerprint density at radius 2 is 2.08 bits per heavy atom. The molecular formula is C17H22N2O4S3. The first-order valence-corrected chi connectivity index (χ1v) is 12.0. The Bertz CT molecular complexity index is 789. The maximum Gasteiger partial charge on any atom is 0.223 e. The first-order chi connectivity index (χ1) is 12.3. The molecule has 0 saturated carbocycles. The molecule has 0 spiro atoms. The summed E-state index contributed by atoms with van der Waals surface area (Å²) < 4.78 is 24.6. The van der Waals surface area contributed by atoms with E-state index in [1.165, 1.54) is 33.2 Å². The smallest absolute Gasteiger partial charge is 0.223 e. The lowest BCUT2D eigenvalue weighted by atomic mass is 9.93. The number of carbonyl (C=O) groups excluding carboxylic acids is 1. The van der Waals surface area contributed by atoms with Crippen LogP contribution in [0, 0.1) is 5.92 Å². The van der Waals surface area contributed by atoms with Crippen LogP contribution < -0.4 is 5.32 Å². The maximum absolute atomic E-state index is 12.6. The minimum absolute atomic E-state index is 0.0926. The van der Waals surface area contributed by atoms with Crippen molar-refractivity contribution < 1.29 is 18.3 Å². The average Bonchev–Trinajstić information content (AvgIpc) is 3.32. The monoisotopic (exact) mass is 414 g/mol. The SMILES string of the molecule is CS(=O)(=O)N1CCC(C(=O)NC[C@](O)(c2ccsc2)c2cccs2)CC1. The third kappa shape index (κ3) is 4.17. The zero-order valence-corrected chi connectivity index (χ0v) is 16.9. The van der Waals surface area contributed by atoms with Gasteiger partial charge in [-0.25, -0.2) is 12.7 Å². The van der Waals surface area contributed by atoms with Crippen LogP contribution in [0.15, 0.2) is 34.3 Å². The summed E-state index contributed by atoms with van der Waals surface area (Å²) in [6, 6.07) is 5.60. The summed E-state index contributed by atoms with van der Waals surface area (Å²) in [5, 5.41) is 19.8. The second-order valence-electron chi connectivity index (χ2n) is 6.50. The van der Waals surface area contributed by atoms with Crippen LogP contribution in [0.4, 0.5) is 0 Å². The van der Waals surface area contributed by atoms with Crippen LogP contribution in [-0.2, 0) is 20.4 Å². The fourth-order valence-corrected chi connectivity index (χ4v) is 5.60. The Balaban J connectivity index is 1.64. The first kappa shape index (κ1) is 19.5. The van der Waals surface area contributed by atoms with Crippen molar-refractivity contribution in [1.29, 1.82) is 0 Å². The molecule has 2 N–H and O–H groups in total. The molecule has 1 aliphatic heterocycles. The number of nitrogens with zero attached hydrogens (tertiary/aromatic N) is 1. The third-order valence-corrected chi connectivity index (χ3v) is 7.75. The number of amides is 1. The fourth-order valence-electron chi connectivity index (χ4n) is 3.15. The number of piperidine rings is 1. The molecule has 6 nitrogen and oxygen atoms in total. The quantitative estimate of drug-likeness (QED) is 0.755. The number of sulfonamides is 1. The molecule has 0 unspecified atom stereocenters. The largest absolute Gasteiger partial charge is 0.378 e. The van der Waals surface area contributed by atoms with Gasteiger partial charge >= 0.3 is 0 Å². The van der Waals surface area contributed by atoms with E-state index >= 15 is 0 Å². The van der Waals surface area contributed by atoms with Crippen molar-refractivity contribution in [1.82, 2.24) is 9.62 Å². The molecular weight excluding hydrogens is 392 g/mol. The molecule has 2 aromatic rings. The molecule has 0 aromatic carbocycles. The summed E-state index contributed by atoms with van der Waals surface area (Å²) in [5.74, 6) is -0.369. The lowest BCUT2D eigenvalue weighted by Crippen LogP contribution is -2.46. The molecule has 142 valence electrons. The van der Waals surface area contributed by atoms with E-state index in [-0.39, 0.29) is 18.4 Å². The first-order valence-electron chi connectivity index (χ1n) is 8.32. The summed E-state index contributed by atoms with van der Waals surface area (Å²) >= 11 is 2.95. The van der Waals surface area contributed by atoms with Gasteiger partial charge in [-0.05, 0) is 41.1 Å². The summed E-state index contributed by atoms with van der Waals surface area (Å²) in [4.78, 5) is 13.3. The molecule has 1 aliphatic rings. The molecule has 3 rings (SSSR count). The molecule has 3 heterocycles. The van der Waals surface area contributed by atoms with Gasteiger partial charge in [0.25, 0.3) is 0 Å². The second kappa shape index (κ2) is 7.77. The number of aliphatic hydroxyl groups is 1. The fraction of sp³-hybridized carbons (Fsp3) is 0.471. The molecule has 1 amide bonds. The molecule has 2 aromatic heterocycles. The minimum atomic E-state index is -3.21. The van der Waals surface area contributed by atoms with Crippen LogP contribution in [0.5, 0.6) is 0 Å². The third-order valence-electron chi connectivity index (χ3n) is 4.74. The predicted octanol–water partition coefficient (Wildman–Crippen LogP) is 1.83. The number of carbonyl (C=O) groups is 1. The van der Waals surface area contributed by atoms with Crippen LogP contribution in [-0.4, -0.2) is 49.6 Å². The van der Waals surface area contributed by atoms with Crippen LogP contribution in [0.1, 0.15) is 23.3 Å². The Labute approximate surface area is 161 Å². The van der Waals surface area contributed by atoms with Crippen LogP contribution in [0.2, 0.25) is 0 Å². The molecule has 1 saturated heterocycles. The molecule has 0 radical (unpaired) electrons. The summed E-state index contributed by atoms with van der Waals surface area (Å²) in [5.41, 5.74) is -0.491. The van der Waals surface area contributed by atoms with Crippen LogP contribution >= 0.6 is 22.7 Å². The molecule has 1 atom stereocenters. The van der Waals surface area contributed by atoms with Crippen molar-refractivity contribution in [2.75, 3.05) is 25.9 Å². The van der Waals surface area contributed by atoms with E-state index in [0.717, 1.165) is 10.4 Å². The summed E-state index contributed by atoms with van der Waals surface area (Å²) in [6.45, 7) is 0.808. The van der Waals surface area contributed by atoms with Gasteiger partial charge < -0.3 is 10.4 Å². The molecule has 0 bridgehead atoms. The van der Waals surface area contributed by atoms with Crippen LogP contribution in [0.25, 0.3) is 0 Å². The van der Waals surface area contributed by atoms with Crippen molar-refractivity contribution in [3.63, 3.8) is 0 Å². The van der Waals surface area contributed by atoms with Crippen molar-refractivity contribution in [3.05, 3.63) is 44.8 Å². The van der Waals surface area contributed by atoms with Crippen molar-refractivity contribution >= 4 is 38.6 Å². The van der Waals surface area contributed by atoms with E-state index in [1.54, 1.807) is 0 Å². The van der Waals surface area contributed by atoms with Gasteiger partial charge in [0.2, 0.25) is 15.9 Å². The second-order valence-corrected chi connectivity index (χ2v) is 10.2. The van der Waals surface area contributed by atoms with E-state index < -0.39 is 15.6 Å². The lowest BCUT2D eigenvalue weighted by molar-refractivity contribution is -0.127. The number of hydrogen-bond donors (Lipinski definition) is 2. The Morgan fingerprint density at radius 1 is 1.35 bits per heavy atom. The Morgan fingerprint density at radius 3 is 2.62 bits per heavy atom. The minimum Gasteiger partial charge on any atom is -0.378 e.